The van der Waals surface area contributed by atoms with Crippen molar-refractivity contribution in [3.8, 4) is 11.4 Å². The summed E-state index contributed by atoms with van der Waals surface area (Å²) in [6, 6.07) is 5.57. The van der Waals surface area contributed by atoms with Crippen LogP contribution in [0.3, 0.4) is 0 Å². The Hall–Kier alpha value is -2.84. The zero-order valence-electron chi connectivity index (χ0n) is 14.1. The van der Waals surface area contributed by atoms with Crippen LogP contribution in [0.25, 0.3) is 16.9 Å². The molecule has 4 rings (SSSR count). The SMILES string of the molecule is O=C(NC1(CO)CCOCC1)c1nc(-c2cncnc2)n2ccccc12. The second-order valence-corrected chi connectivity index (χ2v) is 6.37. The molecule has 134 valence electrons. The molecule has 3 aromatic heterocycles. The van der Waals surface area contributed by atoms with Gasteiger partial charge in [0, 0.05) is 31.8 Å². The van der Waals surface area contributed by atoms with E-state index in [1.807, 2.05) is 28.8 Å². The minimum absolute atomic E-state index is 0.132. The molecule has 26 heavy (non-hydrogen) atoms. The zero-order valence-corrected chi connectivity index (χ0v) is 14.1. The smallest absolute Gasteiger partial charge is 0.272 e. The summed E-state index contributed by atoms with van der Waals surface area (Å²) >= 11 is 0. The normalized spacial score (nSPS) is 16.5. The molecule has 2 N–H and O–H groups in total. The summed E-state index contributed by atoms with van der Waals surface area (Å²) in [6.07, 6.45) is 7.75. The molecule has 0 aromatic carbocycles. The average molecular weight is 353 g/mol. The van der Waals surface area contributed by atoms with Crippen LogP contribution in [0.2, 0.25) is 0 Å². The van der Waals surface area contributed by atoms with Gasteiger partial charge in [0.15, 0.2) is 5.69 Å². The van der Waals surface area contributed by atoms with E-state index in [-0.39, 0.29) is 12.5 Å². The van der Waals surface area contributed by atoms with Gasteiger partial charge in [-0.25, -0.2) is 15.0 Å². The number of nitrogens with one attached hydrogen (secondary N) is 1. The van der Waals surface area contributed by atoms with Gasteiger partial charge in [0.2, 0.25) is 0 Å². The monoisotopic (exact) mass is 353 g/mol. The van der Waals surface area contributed by atoms with E-state index < -0.39 is 5.54 Å². The first-order valence-electron chi connectivity index (χ1n) is 8.46. The summed E-state index contributed by atoms with van der Waals surface area (Å²) in [7, 11) is 0. The Bertz CT molecular complexity index is 919. The van der Waals surface area contributed by atoms with Crippen LogP contribution in [0.4, 0.5) is 0 Å². The van der Waals surface area contributed by atoms with Crippen molar-refractivity contribution in [3.63, 3.8) is 0 Å². The number of aromatic nitrogens is 4. The quantitative estimate of drug-likeness (QED) is 0.727. The summed E-state index contributed by atoms with van der Waals surface area (Å²) in [5, 5.41) is 12.8. The molecule has 8 heteroatoms. The van der Waals surface area contributed by atoms with Crippen molar-refractivity contribution in [2.45, 2.75) is 18.4 Å². The van der Waals surface area contributed by atoms with Crippen LogP contribution in [-0.2, 0) is 4.74 Å². The lowest BCUT2D eigenvalue weighted by Crippen LogP contribution is -2.54. The van der Waals surface area contributed by atoms with Gasteiger partial charge < -0.3 is 15.2 Å². The summed E-state index contributed by atoms with van der Waals surface area (Å²) in [6.45, 7) is 0.891. The molecule has 0 radical (unpaired) electrons. The molecular weight excluding hydrogens is 334 g/mol. The molecular formula is C18H19N5O3. The summed E-state index contributed by atoms with van der Waals surface area (Å²) in [4.78, 5) is 25.6. The van der Waals surface area contributed by atoms with Gasteiger partial charge in [0.1, 0.15) is 12.2 Å². The lowest BCUT2D eigenvalue weighted by molar-refractivity contribution is 0.0125. The van der Waals surface area contributed by atoms with E-state index in [2.05, 4.69) is 20.3 Å². The third-order valence-corrected chi connectivity index (χ3v) is 4.71. The number of hydrogen-bond donors (Lipinski definition) is 2. The maximum Gasteiger partial charge on any atom is 0.272 e. The van der Waals surface area contributed by atoms with E-state index in [0.29, 0.717) is 43.1 Å². The number of hydrogen-bond acceptors (Lipinski definition) is 6. The largest absolute Gasteiger partial charge is 0.394 e. The fourth-order valence-corrected chi connectivity index (χ4v) is 3.21. The van der Waals surface area contributed by atoms with Crippen LogP contribution in [0.5, 0.6) is 0 Å². The molecule has 0 bridgehead atoms. The van der Waals surface area contributed by atoms with Gasteiger partial charge in [0.05, 0.1) is 23.2 Å². The number of imidazole rings is 1. The molecule has 0 saturated carbocycles. The highest BCUT2D eigenvalue weighted by Crippen LogP contribution is 2.24. The third-order valence-electron chi connectivity index (χ3n) is 4.71. The van der Waals surface area contributed by atoms with Crippen molar-refractivity contribution in [2.75, 3.05) is 19.8 Å². The molecule has 0 aliphatic carbocycles. The zero-order chi connectivity index (χ0) is 18.0. The number of pyridine rings is 1. The number of carbonyl (C=O) groups is 1. The molecule has 0 spiro atoms. The van der Waals surface area contributed by atoms with Crippen LogP contribution >= 0.6 is 0 Å². The van der Waals surface area contributed by atoms with E-state index in [9.17, 15) is 9.90 Å². The van der Waals surface area contributed by atoms with Gasteiger partial charge in [-0.1, -0.05) is 6.07 Å². The van der Waals surface area contributed by atoms with Crippen molar-refractivity contribution in [1.29, 1.82) is 0 Å². The number of nitrogens with zero attached hydrogens (tertiary/aromatic N) is 4. The molecule has 1 fully saturated rings. The topological polar surface area (TPSA) is 102 Å². The fourth-order valence-electron chi connectivity index (χ4n) is 3.21. The van der Waals surface area contributed by atoms with E-state index in [0.717, 1.165) is 5.56 Å². The van der Waals surface area contributed by atoms with Crippen LogP contribution in [0, 0.1) is 0 Å². The Morgan fingerprint density at radius 3 is 2.77 bits per heavy atom. The molecule has 0 unspecified atom stereocenters. The Morgan fingerprint density at radius 1 is 1.27 bits per heavy atom. The standard InChI is InChI=1S/C18H19N5O3/c24-11-18(4-7-26-8-5-18)22-17(25)15-14-3-1-2-6-23(14)16(21-15)13-9-19-12-20-10-13/h1-3,6,9-10,12,24H,4-5,7-8,11H2,(H,22,25). The first-order valence-corrected chi connectivity index (χ1v) is 8.46. The Kier molecular flexibility index (Phi) is 4.36. The molecule has 1 aliphatic rings. The molecule has 1 aliphatic heterocycles. The fraction of sp³-hybridized carbons (Fsp3) is 0.333. The summed E-state index contributed by atoms with van der Waals surface area (Å²) in [5.41, 5.74) is 1.04. The van der Waals surface area contributed by atoms with Crippen molar-refractivity contribution in [2.24, 2.45) is 0 Å². The average Bonchev–Trinajstić information content (AvgIpc) is 3.09. The lowest BCUT2D eigenvalue weighted by atomic mass is 9.91. The van der Waals surface area contributed by atoms with Crippen molar-refractivity contribution < 1.29 is 14.6 Å². The van der Waals surface area contributed by atoms with E-state index in [1.165, 1.54) is 6.33 Å². The highest BCUT2D eigenvalue weighted by Gasteiger charge is 2.35. The van der Waals surface area contributed by atoms with Crippen LogP contribution in [0.1, 0.15) is 23.3 Å². The highest BCUT2D eigenvalue weighted by molar-refractivity contribution is 6.00. The number of ether oxygens (including phenoxy) is 1. The third kappa shape index (κ3) is 2.93. The summed E-state index contributed by atoms with van der Waals surface area (Å²) in [5.74, 6) is 0.282. The Balaban J connectivity index is 1.73. The van der Waals surface area contributed by atoms with Gasteiger partial charge in [-0.05, 0) is 25.0 Å². The highest BCUT2D eigenvalue weighted by atomic mass is 16.5. The number of aliphatic hydroxyl groups excluding tert-OH is 1. The van der Waals surface area contributed by atoms with Crippen LogP contribution < -0.4 is 5.32 Å². The number of aliphatic hydroxyl groups is 1. The first kappa shape index (κ1) is 16.6. The van der Waals surface area contributed by atoms with Gasteiger partial charge in [-0.2, -0.15) is 0 Å². The Labute approximate surface area is 149 Å². The molecule has 1 amide bonds. The molecule has 1 saturated heterocycles. The number of fused-ring (bicyclic) bond motifs is 1. The maximum absolute atomic E-state index is 13.0. The number of rotatable bonds is 4. The molecule has 8 nitrogen and oxygen atoms in total. The minimum atomic E-state index is -0.671. The molecule has 3 aromatic rings. The van der Waals surface area contributed by atoms with Gasteiger partial charge >= 0.3 is 0 Å². The predicted octanol–water partition coefficient (Wildman–Crippen LogP) is 1.06. The number of amides is 1. The van der Waals surface area contributed by atoms with Crippen LogP contribution in [0.15, 0.2) is 43.1 Å². The minimum Gasteiger partial charge on any atom is -0.394 e. The van der Waals surface area contributed by atoms with Crippen LogP contribution in [-0.4, -0.2) is 55.7 Å². The lowest BCUT2D eigenvalue weighted by Gasteiger charge is -2.36. The van der Waals surface area contributed by atoms with Crippen molar-refractivity contribution >= 4 is 11.4 Å². The second-order valence-electron chi connectivity index (χ2n) is 6.37. The van der Waals surface area contributed by atoms with Crippen molar-refractivity contribution in [3.05, 3.63) is 48.8 Å². The van der Waals surface area contributed by atoms with Crippen molar-refractivity contribution in [1.82, 2.24) is 24.7 Å². The molecule has 4 heterocycles. The molecule has 0 atom stereocenters. The number of carbonyl (C=O) groups excluding carboxylic acids is 1. The predicted molar refractivity (Wildman–Crippen MR) is 93.6 cm³/mol. The maximum atomic E-state index is 13.0. The van der Waals surface area contributed by atoms with Gasteiger partial charge in [-0.15, -0.1) is 0 Å². The second kappa shape index (κ2) is 6.81. The van der Waals surface area contributed by atoms with Gasteiger partial charge in [0.25, 0.3) is 5.91 Å². The van der Waals surface area contributed by atoms with Gasteiger partial charge in [-0.3, -0.25) is 9.20 Å². The van der Waals surface area contributed by atoms with E-state index >= 15 is 0 Å². The first-order chi connectivity index (χ1) is 12.7. The van der Waals surface area contributed by atoms with E-state index in [4.69, 9.17) is 4.74 Å². The Morgan fingerprint density at radius 2 is 2.04 bits per heavy atom. The van der Waals surface area contributed by atoms with E-state index in [1.54, 1.807) is 12.4 Å². The summed E-state index contributed by atoms with van der Waals surface area (Å²) < 4.78 is 7.19.